The van der Waals surface area contributed by atoms with Crippen LogP contribution in [0.3, 0.4) is 0 Å². The van der Waals surface area contributed by atoms with Crippen LogP contribution in [-0.2, 0) is 20.8 Å². The lowest BCUT2D eigenvalue weighted by molar-refractivity contribution is -0.144. The molecule has 2 saturated heterocycles. The van der Waals surface area contributed by atoms with Crippen LogP contribution in [0.4, 0.5) is 27.1 Å². The summed E-state index contributed by atoms with van der Waals surface area (Å²) in [6.07, 6.45) is -3.75. The zero-order chi connectivity index (χ0) is 24.8. The number of sulfone groups is 1. The molecule has 3 heterocycles. The molecule has 0 saturated carbocycles. The summed E-state index contributed by atoms with van der Waals surface area (Å²) in [4.78, 5) is 18.8. The SMILES string of the molecule is CS(=O)(=O)c1cc(F)c(OC2CCN(C3CCN(c4nc(C(F)(F)F)ns4)CC3)C2=O)cc1F. The number of rotatable bonds is 5. The number of benzene rings is 1. The fourth-order valence-electron chi connectivity index (χ4n) is 4.01. The zero-order valence-corrected chi connectivity index (χ0v) is 19.3. The molecule has 1 aromatic heterocycles. The molecule has 8 nitrogen and oxygen atoms in total. The molecule has 0 aliphatic carbocycles. The number of likely N-dealkylation sites (tertiary alicyclic amines) is 1. The Morgan fingerprint density at radius 2 is 1.76 bits per heavy atom. The number of hydrogen-bond donors (Lipinski definition) is 0. The molecule has 1 aromatic carbocycles. The second-order valence-corrected chi connectivity index (χ2v) is 10.7. The van der Waals surface area contributed by atoms with Crippen LogP contribution in [0.25, 0.3) is 0 Å². The molecule has 1 atom stereocenters. The zero-order valence-electron chi connectivity index (χ0n) is 17.7. The highest BCUT2D eigenvalue weighted by Crippen LogP contribution is 2.33. The van der Waals surface area contributed by atoms with E-state index in [4.69, 9.17) is 4.74 Å². The Bertz CT molecular complexity index is 1200. The molecule has 2 aromatic rings. The minimum atomic E-state index is -4.61. The van der Waals surface area contributed by atoms with Gasteiger partial charge in [0.15, 0.2) is 27.5 Å². The van der Waals surface area contributed by atoms with Gasteiger partial charge in [0.2, 0.25) is 11.0 Å². The van der Waals surface area contributed by atoms with Crippen LogP contribution < -0.4 is 9.64 Å². The van der Waals surface area contributed by atoms with E-state index in [0.717, 1.165) is 6.26 Å². The molecule has 1 unspecified atom stereocenters. The van der Waals surface area contributed by atoms with Gasteiger partial charge in [0.1, 0.15) is 10.7 Å². The number of carbonyl (C=O) groups is 1. The average Bonchev–Trinajstić information content (AvgIpc) is 3.38. The fraction of sp³-hybridized carbons (Fsp3) is 0.526. The van der Waals surface area contributed by atoms with Gasteiger partial charge in [-0.2, -0.15) is 22.5 Å². The van der Waals surface area contributed by atoms with Crippen molar-refractivity contribution in [3.63, 3.8) is 0 Å². The van der Waals surface area contributed by atoms with E-state index in [-0.39, 0.29) is 17.6 Å². The molecule has 0 radical (unpaired) electrons. The number of halogens is 5. The van der Waals surface area contributed by atoms with Crippen LogP contribution in [0.5, 0.6) is 5.75 Å². The van der Waals surface area contributed by atoms with E-state index < -0.39 is 56.1 Å². The Balaban J connectivity index is 1.37. The van der Waals surface area contributed by atoms with Gasteiger partial charge in [0.25, 0.3) is 5.91 Å². The Labute approximate surface area is 195 Å². The maximum absolute atomic E-state index is 14.3. The molecule has 186 valence electrons. The molecule has 0 N–H and O–H groups in total. The Morgan fingerprint density at radius 3 is 2.35 bits per heavy atom. The molecular formula is C19H19F5N4O4S2. The van der Waals surface area contributed by atoms with Crippen molar-refractivity contribution in [3.05, 3.63) is 29.6 Å². The highest BCUT2D eigenvalue weighted by Gasteiger charge is 2.40. The van der Waals surface area contributed by atoms with Crippen LogP contribution >= 0.6 is 11.5 Å². The predicted octanol–water partition coefficient (Wildman–Crippen LogP) is 2.89. The van der Waals surface area contributed by atoms with E-state index in [1.165, 1.54) is 0 Å². The van der Waals surface area contributed by atoms with Gasteiger partial charge in [0, 0.05) is 56.0 Å². The standard InChI is InChI=1S/C19H19F5N4O4S2/c1-34(30,31)15-9-11(20)14(8-12(15)21)32-13-4-7-28(16(13)29)10-2-5-27(6-3-10)18-25-17(26-33-18)19(22,23)24/h8-10,13H,2-7H2,1H3. The monoisotopic (exact) mass is 526 g/mol. The second kappa shape index (κ2) is 8.91. The van der Waals surface area contributed by atoms with Crippen LogP contribution in [0, 0.1) is 11.6 Å². The van der Waals surface area contributed by atoms with E-state index >= 15 is 0 Å². The topological polar surface area (TPSA) is 92.7 Å². The summed E-state index contributed by atoms with van der Waals surface area (Å²) in [5.74, 6) is -4.44. The molecule has 0 bridgehead atoms. The van der Waals surface area contributed by atoms with Crippen molar-refractivity contribution in [2.45, 2.75) is 42.5 Å². The summed E-state index contributed by atoms with van der Waals surface area (Å²) in [6.45, 7) is 1.06. The molecule has 2 aliphatic rings. The lowest BCUT2D eigenvalue weighted by Gasteiger charge is -2.36. The number of piperidine rings is 1. The minimum absolute atomic E-state index is 0.162. The molecule has 4 rings (SSSR count). The molecule has 34 heavy (non-hydrogen) atoms. The smallest absolute Gasteiger partial charge is 0.452 e. The van der Waals surface area contributed by atoms with E-state index in [0.29, 0.717) is 56.1 Å². The number of aromatic nitrogens is 2. The van der Waals surface area contributed by atoms with Crippen LogP contribution in [0.1, 0.15) is 25.1 Å². The van der Waals surface area contributed by atoms with Crippen LogP contribution in [0.2, 0.25) is 0 Å². The third kappa shape index (κ3) is 4.94. The summed E-state index contributed by atoms with van der Waals surface area (Å²) in [5, 5.41) is 0.162. The van der Waals surface area contributed by atoms with Gasteiger partial charge in [-0.25, -0.2) is 17.2 Å². The number of amides is 1. The molecular weight excluding hydrogens is 507 g/mol. The number of alkyl halides is 3. The largest absolute Gasteiger partial charge is 0.477 e. The van der Waals surface area contributed by atoms with Crippen LogP contribution in [0.15, 0.2) is 17.0 Å². The van der Waals surface area contributed by atoms with E-state index in [1.54, 1.807) is 9.80 Å². The highest BCUT2D eigenvalue weighted by molar-refractivity contribution is 7.90. The van der Waals surface area contributed by atoms with E-state index in [2.05, 4.69) is 9.36 Å². The van der Waals surface area contributed by atoms with Crippen molar-refractivity contribution >= 4 is 32.4 Å². The van der Waals surface area contributed by atoms with Gasteiger partial charge in [0.05, 0.1) is 0 Å². The van der Waals surface area contributed by atoms with Gasteiger partial charge in [-0.15, -0.1) is 0 Å². The summed E-state index contributed by atoms with van der Waals surface area (Å²) in [7, 11) is -3.98. The third-order valence-corrected chi connectivity index (χ3v) is 7.58. The quantitative estimate of drug-likeness (QED) is 0.554. The molecule has 1 amide bonds. The predicted molar refractivity (Wildman–Crippen MR) is 110 cm³/mol. The van der Waals surface area contributed by atoms with Gasteiger partial charge < -0.3 is 14.5 Å². The fourth-order valence-corrected chi connectivity index (χ4v) is 5.48. The van der Waals surface area contributed by atoms with Crippen molar-refractivity contribution in [1.29, 1.82) is 0 Å². The summed E-state index contributed by atoms with van der Waals surface area (Å²) in [6, 6.07) is 0.934. The maximum atomic E-state index is 14.3. The number of carbonyl (C=O) groups excluding carboxylic acids is 1. The van der Waals surface area contributed by atoms with Gasteiger partial charge >= 0.3 is 6.18 Å². The third-order valence-electron chi connectivity index (χ3n) is 5.69. The number of anilines is 1. The lowest BCUT2D eigenvalue weighted by atomic mass is 10.0. The summed E-state index contributed by atoms with van der Waals surface area (Å²) < 4.78 is 98.4. The molecule has 15 heteroatoms. The van der Waals surface area contributed by atoms with Crippen molar-refractivity contribution in [2.24, 2.45) is 0 Å². The first-order valence-corrected chi connectivity index (χ1v) is 12.8. The number of ether oxygens (including phenoxy) is 1. The van der Waals surface area contributed by atoms with Crippen molar-refractivity contribution < 1.29 is 39.9 Å². The van der Waals surface area contributed by atoms with Gasteiger partial charge in [-0.1, -0.05) is 0 Å². The molecule has 2 fully saturated rings. The first-order chi connectivity index (χ1) is 15.8. The Hall–Kier alpha value is -2.55. The van der Waals surface area contributed by atoms with Gasteiger partial charge in [-0.3, -0.25) is 4.79 Å². The molecule has 0 spiro atoms. The van der Waals surface area contributed by atoms with E-state index in [9.17, 15) is 35.2 Å². The summed E-state index contributed by atoms with van der Waals surface area (Å²) in [5.41, 5.74) is 0. The van der Waals surface area contributed by atoms with Crippen molar-refractivity contribution in [3.8, 4) is 5.75 Å². The Morgan fingerprint density at radius 1 is 1.09 bits per heavy atom. The van der Waals surface area contributed by atoms with E-state index in [1.807, 2.05) is 0 Å². The second-order valence-electron chi connectivity index (χ2n) is 8.03. The average molecular weight is 527 g/mol. The van der Waals surface area contributed by atoms with Crippen molar-refractivity contribution in [2.75, 3.05) is 30.8 Å². The first kappa shape index (κ1) is 24.6. The Kier molecular flexibility index (Phi) is 6.44. The first-order valence-electron chi connectivity index (χ1n) is 10.2. The normalized spacial score (nSPS) is 20.3. The lowest BCUT2D eigenvalue weighted by Crippen LogP contribution is -2.47. The highest BCUT2D eigenvalue weighted by atomic mass is 32.2. The molecule has 2 aliphatic heterocycles. The van der Waals surface area contributed by atoms with Gasteiger partial charge in [-0.05, 0) is 18.9 Å². The van der Waals surface area contributed by atoms with Crippen LogP contribution in [-0.4, -0.2) is 66.6 Å². The van der Waals surface area contributed by atoms with Crippen molar-refractivity contribution in [1.82, 2.24) is 14.3 Å². The minimum Gasteiger partial charge on any atom is -0.477 e. The number of nitrogens with zero attached hydrogens (tertiary/aromatic N) is 4. The summed E-state index contributed by atoms with van der Waals surface area (Å²) >= 11 is 0.664. The maximum Gasteiger partial charge on any atom is 0.452 e. The number of hydrogen-bond acceptors (Lipinski definition) is 8.